The fourth-order valence-electron chi connectivity index (χ4n) is 1.11. The zero-order chi connectivity index (χ0) is 12.4. The van der Waals surface area contributed by atoms with Crippen molar-refractivity contribution in [1.82, 2.24) is 4.98 Å². The highest BCUT2D eigenvalue weighted by Gasteiger charge is 2.12. The predicted molar refractivity (Wildman–Crippen MR) is 62.4 cm³/mol. The van der Waals surface area contributed by atoms with Crippen molar-refractivity contribution in [2.75, 3.05) is 0 Å². The molecule has 2 rings (SSSR count). The molecule has 1 aromatic heterocycles. The van der Waals surface area contributed by atoms with E-state index in [4.69, 9.17) is 0 Å². The molecule has 0 aliphatic rings. The van der Waals surface area contributed by atoms with Crippen molar-refractivity contribution in [3.05, 3.63) is 52.4 Å². The molecule has 0 N–H and O–H groups in total. The lowest BCUT2D eigenvalue weighted by molar-refractivity contribution is 0.448. The van der Waals surface area contributed by atoms with E-state index >= 15 is 0 Å². The molecule has 88 valence electrons. The summed E-state index contributed by atoms with van der Waals surface area (Å²) in [5, 5.41) is -0.189. The molecule has 0 saturated heterocycles. The summed E-state index contributed by atoms with van der Waals surface area (Å²) in [5.74, 6) is -3.47. The van der Waals surface area contributed by atoms with Crippen molar-refractivity contribution >= 4 is 27.7 Å². The van der Waals surface area contributed by atoms with E-state index in [2.05, 4.69) is 20.9 Å². The third-order valence-corrected chi connectivity index (χ3v) is 3.40. The number of pyridine rings is 1. The summed E-state index contributed by atoms with van der Waals surface area (Å²) in [5.41, 5.74) is 0. The van der Waals surface area contributed by atoms with Crippen LogP contribution >= 0.6 is 27.7 Å². The smallest absolute Gasteiger partial charge is 0.207 e. The van der Waals surface area contributed by atoms with Gasteiger partial charge in [0.25, 0.3) is 0 Å². The van der Waals surface area contributed by atoms with Crippen LogP contribution in [0.2, 0.25) is 0 Å². The summed E-state index contributed by atoms with van der Waals surface area (Å²) in [6.45, 7) is 0. The van der Waals surface area contributed by atoms with Gasteiger partial charge in [-0.15, -0.1) is 0 Å². The number of hydrogen-bond acceptors (Lipinski definition) is 2. The number of nitrogens with zero attached hydrogens (tertiary/aromatic N) is 1. The Kier molecular flexibility index (Phi) is 3.73. The zero-order valence-electron chi connectivity index (χ0n) is 8.25. The molecule has 0 bridgehead atoms. The van der Waals surface area contributed by atoms with Crippen LogP contribution in [0.25, 0.3) is 0 Å². The van der Waals surface area contributed by atoms with Crippen molar-refractivity contribution in [3.8, 4) is 0 Å². The molecule has 0 fully saturated rings. The monoisotopic (exact) mass is 319 g/mol. The first-order chi connectivity index (χ1) is 8.06. The molecular formula is C11H5BrF3NS. The minimum atomic E-state index is -1.30. The second-order valence-electron chi connectivity index (χ2n) is 3.10. The van der Waals surface area contributed by atoms with E-state index in [-0.39, 0.29) is 5.03 Å². The average molecular weight is 320 g/mol. The van der Waals surface area contributed by atoms with E-state index in [0.717, 1.165) is 16.2 Å². The van der Waals surface area contributed by atoms with Crippen LogP contribution in [0.1, 0.15) is 0 Å². The summed E-state index contributed by atoms with van der Waals surface area (Å²) in [6, 6.07) is 7.46. The van der Waals surface area contributed by atoms with Gasteiger partial charge in [-0.2, -0.15) is 4.39 Å². The molecule has 0 atom stereocenters. The van der Waals surface area contributed by atoms with E-state index in [1.165, 1.54) is 0 Å². The maximum atomic E-state index is 13.3. The Balaban J connectivity index is 2.30. The van der Waals surface area contributed by atoms with Crippen LogP contribution in [0.5, 0.6) is 0 Å². The van der Waals surface area contributed by atoms with E-state index in [1.807, 2.05) is 0 Å². The first-order valence-corrected chi connectivity index (χ1v) is 6.12. The SMILES string of the molecule is Fc1cc(F)c(Sc2ccc(Br)cc2)nc1F. The summed E-state index contributed by atoms with van der Waals surface area (Å²) in [6.07, 6.45) is 0. The third-order valence-electron chi connectivity index (χ3n) is 1.88. The van der Waals surface area contributed by atoms with Crippen molar-refractivity contribution < 1.29 is 13.2 Å². The highest BCUT2D eigenvalue weighted by molar-refractivity contribution is 9.10. The summed E-state index contributed by atoms with van der Waals surface area (Å²) < 4.78 is 39.7. The Morgan fingerprint density at radius 2 is 1.65 bits per heavy atom. The minimum Gasteiger partial charge on any atom is -0.207 e. The molecule has 0 aliphatic carbocycles. The van der Waals surface area contributed by atoms with Crippen molar-refractivity contribution in [3.63, 3.8) is 0 Å². The highest BCUT2D eigenvalue weighted by atomic mass is 79.9. The van der Waals surface area contributed by atoms with Crippen molar-refractivity contribution in [1.29, 1.82) is 0 Å². The number of rotatable bonds is 2. The summed E-state index contributed by atoms with van der Waals surface area (Å²) >= 11 is 4.19. The normalized spacial score (nSPS) is 10.6. The molecule has 1 nitrogen and oxygen atoms in total. The number of hydrogen-bond donors (Lipinski definition) is 0. The average Bonchev–Trinajstić information content (AvgIpc) is 2.29. The molecule has 17 heavy (non-hydrogen) atoms. The summed E-state index contributed by atoms with van der Waals surface area (Å²) in [7, 11) is 0. The van der Waals surface area contributed by atoms with Gasteiger partial charge in [0.05, 0.1) is 0 Å². The van der Waals surface area contributed by atoms with Crippen LogP contribution < -0.4 is 0 Å². The van der Waals surface area contributed by atoms with Crippen LogP contribution in [0.3, 0.4) is 0 Å². The molecule has 2 aromatic rings. The molecule has 1 aromatic carbocycles. The third kappa shape index (κ3) is 3.01. The maximum absolute atomic E-state index is 13.3. The van der Waals surface area contributed by atoms with E-state index in [1.54, 1.807) is 24.3 Å². The number of halogens is 4. The second kappa shape index (κ2) is 5.10. The van der Waals surface area contributed by atoms with Crippen molar-refractivity contribution in [2.45, 2.75) is 9.92 Å². The van der Waals surface area contributed by atoms with Crippen molar-refractivity contribution in [2.24, 2.45) is 0 Å². The lowest BCUT2D eigenvalue weighted by Crippen LogP contribution is -1.95. The molecule has 0 radical (unpaired) electrons. The van der Waals surface area contributed by atoms with Gasteiger partial charge in [-0.05, 0) is 24.3 Å². The van der Waals surface area contributed by atoms with Gasteiger partial charge in [0.2, 0.25) is 5.95 Å². The Morgan fingerprint density at radius 1 is 1.00 bits per heavy atom. The molecule has 6 heteroatoms. The highest BCUT2D eigenvalue weighted by Crippen LogP contribution is 2.29. The Bertz CT molecular complexity index is 545. The van der Waals surface area contributed by atoms with E-state index < -0.39 is 17.6 Å². The Labute approximate surface area is 108 Å². The lowest BCUT2D eigenvalue weighted by atomic mass is 10.4. The van der Waals surface area contributed by atoms with Crippen LogP contribution in [0, 0.1) is 17.6 Å². The zero-order valence-corrected chi connectivity index (χ0v) is 10.7. The maximum Gasteiger partial charge on any atom is 0.250 e. The molecule has 0 saturated carbocycles. The molecule has 0 aliphatic heterocycles. The topological polar surface area (TPSA) is 12.9 Å². The number of aromatic nitrogens is 1. The van der Waals surface area contributed by atoms with E-state index in [0.29, 0.717) is 11.0 Å². The predicted octanol–water partition coefficient (Wildman–Crippen LogP) is 4.41. The van der Waals surface area contributed by atoms with Gasteiger partial charge in [-0.3, -0.25) is 0 Å². The summed E-state index contributed by atoms with van der Waals surface area (Å²) in [4.78, 5) is 3.91. The van der Waals surface area contributed by atoms with E-state index in [9.17, 15) is 13.2 Å². The quantitative estimate of drug-likeness (QED) is 0.760. The first kappa shape index (κ1) is 12.4. The minimum absolute atomic E-state index is 0.189. The molecule has 0 spiro atoms. The fraction of sp³-hybridized carbons (Fsp3) is 0. The Morgan fingerprint density at radius 3 is 2.29 bits per heavy atom. The van der Waals surface area contributed by atoms with Gasteiger partial charge in [-0.1, -0.05) is 27.7 Å². The van der Waals surface area contributed by atoms with Crippen LogP contribution in [0.15, 0.2) is 44.7 Å². The largest absolute Gasteiger partial charge is 0.250 e. The van der Waals surface area contributed by atoms with Gasteiger partial charge < -0.3 is 0 Å². The van der Waals surface area contributed by atoms with Gasteiger partial charge in [0.1, 0.15) is 5.03 Å². The molecular weight excluding hydrogens is 315 g/mol. The van der Waals surface area contributed by atoms with Gasteiger partial charge >= 0.3 is 0 Å². The lowest BCUT2D eigenvalue weighted by Gasteiger charge is -2.03. The van der Waals surface area contributed by atoms with Gasteiger partial charge in [0.15, 0.2) is 11.6 Å². The molecule has 0 unspecified atom stereocenters. The van der Waals surface area contributed by atoms with Crippen LogP contribution in [-0.4, -0.2) is 4.98 Å². The number of benzene rings is 1. The molecule has 1 heterocycles. The van der Waals surface area contributed by atoms with Gasteiger partial charge in [-0.25, -0.2) is 13.8 Å². The fourth-order valence-corrected chi connectivity index (χ4v) is 2.16. The second-order valence-corrected chi connectivity index (χ2v) is 5.08. The first-order valence-electron chi connectivity index (χ1n) is 4.51. The van der Waals surface area contributed by atoms with Crippen LogP contribution in [-0.2, 0) is 0 Å². The molecule has 0 amide bonds. The Hall–Kier alpha value is -1.01. The van der Waals surface area contributed by atoms with Crippen LogP contribution in [0.4, 0.5) is 13.2 Å². The standard InChI is InChI=1S/C11H5BrF3NS/c12-6-1-3-7(4-2-6)17-11-9(14)5-8(13)10(15)16-11/h1-5H. The van der Waals surface area contributed by atoms with Gasteiger partial charge in [0, 0.05) is 15.4 Å².